The summed E-state index contributed by atoms with van der Waals surface area (Å²) in [7, 11) is 0. The van der Waals surface area contributed by atoms with Gasteiger partial charge in [-0.15, -0.1) is 22.7 Å². The molecule has 0 saturated carbocycles. The smallest absolute Gasteiger partial charge is 0.338 e. The minimum atomic E-state index is -0.614. The lowest BCUT2D eigenvalue weighted by molar-refractivity contribution is -0.136. The predicted octanol–water partition coefficient (Wildman–Crippen LogP) is 4.30. The molecular weight excluding hydrogens is 434 g/mol. The van der Waals surface area contributed by atoms with Crippen molar-refractivity contribution in [2.45, 2.75) is 19.4 Å². The average molecular weight is 454 g/mol. The maximum atomic E-state index is 12.9. The summed E-state index contributed by atoms with van der Waals surface area (Å²) in [6, 6.07) is 13.9. The van der Waals surface area contributed by atoms with Gasteiger partial charge in [0.1, 0.15) is 0 Å². The van der Waals surface area contributed by atoms with Crippen LogP contribution in [-0.4, -0.2) is 35.1 Å². The molecule has 3 heterocycles. The predicted molar refractivity (Wildman–Crippen MR) is 120 cm³/mol. The molecule has 2 amide bonds. The Morgan fingerprint density at radius 1 is 1.10 bits per heavy atom. The molecule has 1 N–H and O–H groups in total. The molecule has 0 aliphatic carbocycles. The molecule has 1 atom stereocenters. The van der Waals surface area contributed by atoms with Crippen molar-refractivity contribution in [2.24, 2.45) is 5.10 Å². The zero-order valence-electron chi connectivity index (χ0n) is 16.6. The zero-order valence-corrected chi connectivity index (χ0v) is 18.2. The summed E-state index contributed by atoms with van der Waals surface area (Å²) < 4.78 is 5.23. The lowest BCUT2D eigenvalue weighted by Gasteiger charge is -2.20. The van der Waals surface area contributed by atoms with E-state index in [-0.39, 0.29) is 17.9 Å². The molecule has 1 aromatic carbocycles. The number of amides is 2. The van der Waals surface area contributed by atoms with Crippen molar-refractivity contribution >= 4 is 51.9 Å². The highest BCUT2D eigenvalue weighted by Crippen LogP contribution is 2.35. The van der Waals surface area contributed by atoms with Gasteiger partial charge in [0, 0.05) is 23.9 Å². The number of nitrogens with zero attached hydrogens (tertiary/aromatic N) is 2. The summed E-state index contributed by atoms with van der Waals surface area (Å²) in [6.45, 7) is 0.997. The molecule has 9 heteroatoms. The van der Waals surface area contributed by atoms with Gasteiger partial charge < -0.3 is 10.1 Å². The van der Waals surface area contributed by atoms with Crippen LogP contribution >= 0.6 is 22.7 Å². The van der Waals surface area contributed by atoms with E-state index in [9.17, 15) is 14.4 Å². The van der Waals surface area contributed by atoms with E-state index in [0.717, 1.165) is 15.5 Å². The van der Waals surface area contributed by atoms with Crippen molar-refractivity contribution in [3.05, 3.63) is 74.6 Å². The molecule has 0 radical (unpaired) electrons. The van der Waals surface area contributed by atoms with Crippen molar-refractivity contribution in [1.82, 2.24) is 5.01 Å². The SMILES string of the molecule is CC(=O)Nc1ccc(C(=O)OCC(=O)N2N=C(c3cccs3)CC2c2cccs2)cc1. The first-order valence-electron chi connectivity index (χ1n) is 9.53. The summed E-state index contributed by atoms with van der Waals surface area (Å²) in [5, 5.41) is 12.5. The van der Waals surface area contributed by atoms with Crippen LogP contribution in [0, 0.1) is 0 Å². The Bertz CT molecular complexity index is 1110. The third kappa shape index (κ3) is 4.89. The second-order valence-electron chi connectivity index (χ2n) is 6.83. The molecule has 31 heavy (non-hydrogen) atoms. The Hall–Kier alpha value is -3.30. The van der Waals surface area contributed by atoms with Crippen LogP contribution in [0.1, 0.15) is 39.5 Å². The van der Waals surface area contributed by atoms with Crippen LogP contribution in [0.4, 0.5) is 5.69 Å². The zero-order chi connectivity index (χ0) is 21.8. The number of esters is 1. The van der Waals surface area contributed by atoms with Crippen LogP contribution in [0.15, 0.2) is 64.4 Å². The number of nitrogens with one attached hydrogen (secondary N) is 1. The molecule has 4 rings (SSSR count). The van der Waals surface area contributed by atoms with Crippen molar-refractivity contribution < 1.29 is 19.1 Å². The minimum absolute atomic E-state index is 0.200. The summed E-state index contributed by atoms with van der Waals surface area (Å²) >= 11 is 3.14. The van der Waals surface area contributed by atoms with Crippen LogP contribution < -0.4 is 5.32 Å². The van der Waals surface area contributed by atoms with E-state index >= 15 is 0 Å². The number of ether oxygens (including phenoxy) is 1. The quantitative estimate of drug-likeness (QED) is 0.564. The number of thiophene rings is 2. The summed E-state index contributed by atoms with van der Waals surface area (Å²) in [5.41, 5.74) is 1.72. The number of benzene rings is 1. The lowest BCUT2D eigenvalue weighted by atomic mass is 10.1. The number of rotatable bonds is 6. The Morgan fingerprint density at radius 3 is 2.48 bits per heavy atom. The van der Waals surface area contributed by atoms with Crippen LogP contribution in [-0.2, 0) is 14.3 Å². The molecule has 1 aliphatic heterocycles. The van der Waals surface area contributed by atoms with E-state index < -0.39 is 12.6 Å². The molecule has 7 nitrogen and oxygen atoms in total. The molecule has 0 fully saturated rings. The standard InChI is InChI=1S/C22H19N3O4S2/c1-14(26)23-16-8-6-15(7-9-16)22(28)29-13-21(27)25-18(20-5-3-11-31-20)12-17(24-25)19-4-2-10-30-19/h2-11,18H,12-13H2,1H3,(H,23,26). The largest absolute Gasteiger partial charge is 0.452 e. The van der Waals surface area contributed by atoms with Gasteiger partial charge in [0.25, 0.3) is 5.91 Å². The number of carbonyl (C=O) groups is 3. The van der Waals surface area contributed by atoms with Gasteiger partial charge in [-0.25, -0.2) is 9.80 Å². The van der Waals surface area contributed by atoms with Gasteiger partial charge in [-0.05, 0) is 47.2 Å². The van der Waals surface area contributed by atoms with E-state index in [4.69, 9.17) is 4.74 Å². The summed E-state index contributed by atoms with van der Waals surface area (Å²) in [5.74, 6) is -1.19. The third-order valence-electron chi connectivity index (χ3n) is 4.61. The molecule has 158 valence electrons. The topological polar surface area (TPSA) is 88.1 Å². The Kier molecular flexibility index (Phi) is 6.24. The molecule has 1 unspecified atom stereocenters. The monoisotopic (exact) mass is 453 g/mol. The fourth-order valence-corrected chi connectivity index (χ4v) is 4.74. The summed E-state index contributed by atoms with van der Waals surface area (Å²) in [6.07, 6.45) is 0.616. The van der Waals surface area contributed by atoms with E-state index in [0.29, 0.717) is 17.7 Å². The maximum Gasteiger partial charge on any atom is 0.338 e. The molecule has 0 spiro atoms. The molecular formula is C22H19N3O4S2. The van der Waals surface area contributed by atoms with Gasteiger partial charge >= 0.3 is 5.97 Å². The second-order valence-corrected chi connectivity index (χ2v) is 8.76. The molecule has 0 saturated heterocycles. The fraction of sp³-hybridized carbons (Fsp3) is 0.182. The van der Waals surface area contributed by atoms with Crippen molar-refractivity contribution in [1.29, 1.82) is 0 Å². The fourth-order valence-electron chi connectivity index (χ4n) is 3.20. The van der Waals surface area contributed by atoms with Gasteiger partial charge in [0.15, 0.2) is 6.61 Å². The van der Waals surface area contributed by atoms with Crippen LogP contribution in [0.2, 0.25) is 0 Å². The van der Waals surface area contributed by atoms with Crippen LogP contribution in [0.5, 0.6) is 0 Å². The Labute approximate surface area is 187 Å². The first-order valence-corrected chi connectivity index (χ1v) is 11.3. The highest BCUT2D eigenvalue weighted by molar-refractivity contribution is 7.12. The first-order chi connectivity index (χ1) is 15.0. The minimum Gasteiger partial charge on any atom is -0.452 e. The van der Waals surface area contributed by atoms with Gasteiger partial charge in [-0.3, -0.25) is 9.59 Å². The number of anilines is 1. The number of hydrazone groups is 1. The Balaban J connectivity index is 1.43. The van der Waals surface area contributed by atoms with E-state index in [2.05, 4.69) is 10.4 Å². The van der Waals surface area contributed by atoms with Crippen molar-refractivity contribution in [3.63, 3.8) is 0 Å². The van der Waals surface area contributed by atoms with Gasteiger partial charge in [0.05, 0.1) is 22.2 Å². The molecule has 1 aliphatic rings. The van der Waals surface area contributed by atoms with Crippen LogP contribution in [0.3, 0.4) is 0 Å². The van der Waals surface area contributed by atoms with Gasteiger partial charge in [-0.2, -0.15) is 5.10 Å². The Morgan fingerprint density at radius 2 is 1.84 bits per heavy atom. The van der Waals surface area contributed by atoms with Crippen molar-refractivity contribution in [2.75, 3.05) is 11.9 Å². The maximum absolute atomic E-state index is 12.9. The van der Waals surface area contributed by atoms with Gasteiger partial charge in [-0.1, -0.05) is 12.1 Å². The highest BCUT2D eigenvalue weighted by Gasteiger charge is 2.34. The number of carbonyl (C=O) groups excluding carboxylic acids is 3. The highest BCUT2D eigenvalue weighted by atomic mass is 32.1. The van der Waals surface area contributed by atoms with Crippen molar-refractivity contribution in [3.8, 4) is 0 Å². The molecule has 0 bridgehead atoms. The number of hydrogen-bond donors (Lipinski definition) is 1. The van der Waals surface area contributed by atoms with Crippen LogP contribution in [0.25, 0.3) is 0 Å². The van der Waals surface area contributed by atoms with E-state index in [1.165, 1.54) is 24.1 Å². The van der Waals surface area contributed by atoms with E-state index in [1.807, 2.05) is 35.0 Å². The first kappa shape index (κ1) is 21.0. The lowest BCUT2D eigenvalue weighted by Crippen LogP contribution is -2.31. The van der Waals surface area contributed by atoms with E-state index in [1.54, 1.807) is 34.8 Å². The third-order valence-corrected chi connectivity index (χ3v) is 6.50. The average Bonchev–Trinajstić information content (AvgIpc) is 3.52. The van der Waals surface area contributed by atoms with Gasteiger partial charge in [0.2, 0.25) is 5.91 Å². The normalized spacial score (nSPS) is 15.5. The number of hydrogen-bond acceptors (Lipinski definition) is 7. The summed E-state index contributed by atoms with van der Waals surface area (Å²) in [4.78, 5) is 38.4. The molecule has 3 aromatic rings. The second kappa shape index (κ2) is 9.23. The molecule has 2 aromatic heterocycles.